The van der Waals surface area contributed by atoms with Gasteiger partial charge in [0.05, 0.1) is 24.7 Å². The maximum atomic E-state index is 12.5. The first-order valence-electron chi connectivity index (χ1n) is 7.30. The number of rotatable bonds is 6. The molecule has 0 bridgehead atoms. The number of hydrogen-bond donors (Lipinski definition) is 2. The topological polar surface area (TPSA) is 93.7 Å². The van der Waals surface area contributed by atoms with E-state index in [1.807, 2.05) is 10.3 Å². The number of halogens is 3. The third-order valence-corrected chi connectivity index (χ3v) is 4.70. The molecule has 27 heavy (non-hydrogen) atoms. The lowest BCUT2D eigenvalue weighted by molar-refractivity contribution is -0.137. The van der Waals surface area contributed by atoms with Gasteiger partial charge in [-0.1, -0.05) is 0 Å². The van der Waals surface area contributed by atoms with E-state index in [2.05, 4.69) is 0 Å². The number of hydrogen-bond acceptors (Lipinski definition) is 5. The molecule has 0 aliphatic heterocycles. The lowest BCUT2D eigenvalue weighted by Gasteiger charge is -2.12. The zero-order valence-electron chi connectivity index (χ0n) is 14.1. The van der Waals surface area contributed by atoms with Gasteiger partial charge in [0.1, 0.15) is 0 Å². The Morgan fingerprint density at radius 2 is 1.56 bits per heavy atom. The Morgan fingerprint density at radius 1 is 0.963 bits per heavy atom. The van der Waals surface area contributed by atoms with Gasteiger partial charge in [-0.05, 0) is 42.5 Å². The Balaban J connectivity index is 2.11. The van der Waals surface area contributed by atoms with E-state index in [0.29, 0.717) is 17.9 Å². The first-order valence-corrected chi connectivity index (χ1v) is 8.78. The molecule has 0 unspecified atom stereocenters. The number of carbonyl (C=O) groups excluding carboxylic acids is 1. The Morgan fingerprint density at radius 3 is 2.07 bits per heavy atom. The Labute approximate surface area is 153 Å². The molecule has 0 saturated carbocycles. The molecule has 2 aromatic rings. The van der Waals surface area contributed by atoms with Gasteiger partial charge in [0.25, 0.3) is 15.9 Å². The summed E-state index contributed by atoms with van der Waals surface area (Å²) in [4.78, 5) is 13.5. The van der Waals surface area contributed by atoms with E-state index in [1.165, 1.54) is 32.4 Å². The number of alkyl halides is 3. The average molecular weight is 404 g/mol. The highest BCUT2D eigenvalue weighted by atomic mass is 32.2. The fourth-order valence-electron chi connectivity index (χ4n) is 2.05. The van der Waals surface area contributed by atoms with Crippen LogP contribution in [-0.2, 0) is 16.2 Å². The summed E-state index contributed by atoms with van der Waals surface area (Å²) in [6, 6.07) is 7.00. The quantitative estimate of drug-likeness (QED) is 0.721. The highest BCUT2D eigenvalue weighted by molar-refractivity contribution is 7.89. The molecular weight excluding hydrogens is 389 g/mol. The summed E-state index contributed by atoms with van der Waals surface area (Å²) in [6.45, 7) is 0. The molecule has 0 aliphatic carbocycles. The second-order valence-corrected chi connectivity index (χ2v) is 6.83. The van der Waals surface area contributed by atoms with Crippen LogP contribution in [0.1, 0.15) is 15.9 Å². The summed E-state index contributed by atoms with van der Waals surface area (Å²) in [6.07, 6.45) is -4.59. The van der Waals surface area contributed by atoms with Crippen molar-refractivity contribution in [3.05, 3.63) is 53.6 Å². The van der Waals surface area contributed by atoms with Crippen LogP contribution in [0.2, 0.25) is 0 Å². The maximum Gasteiger partial charge on any atom is 0.416 e. The minimum atomic E-state index is -4.59. The number of hydrazine groups is 1. The lowest BCUT2D eigenvalue weighted by atomic mass is 10.2. The van der Waals surface area contributed by atoms with Crippen LogP contribution in [0.25, 0.3) is 0 Å². The van der Waals surface area contributed by atoms with Gasteiger partial charge in [0.15, 0.2) is 11.5 Å². The number of methoxy groups -OCH3 is 2. The standard InChI is InChI=1S/C16H15F3N2O5S/c1-25-13-8-3-10(9-14(13)26-2)15(22)20-21-27(23,24)12-6-4-11(5-7-12)16(17,18)19/h3-9,21H,1-2H3,(H,20,22). The Kier molecular flexibility index (Phi) is 5.96. The molecule has 7 nitrogen and oxygen atoms in total. The predicted octanol–water partition coefficient (Wildman–Crippen LogP) is 2.35. The normalized spacial score (nSPS) is 11.7. The lowest BCUT2D eigenvalue weighted by Crippen LogP contribution is -2.41. The number of benzene rings is 2. The van der Waals surface area contributed by atoms with Crippen molar-refractivity contribution in [2.45, 2.75) is 11.1 Å². The monoisotopic (exact) mass is 404 g/mol. The summed E-state index contributed by atoms with van der Waals surface area (Å²) in [5.41, 5.74) is 1.06. The van der Waals surface area contributed by atoms with E-state index >= 15 is 0 Å². The fourth-order valence-corrected chi connectivity index (χ4v) is 2.88. The van der Waals surface area contributed by atoms with E-state index in [9.17, 15) is 26.4 Å². The van der Waals surface area contributed by atoms with Crippen LogP contribution < -0.4 is 19.7 Å². The minimum absolute atomic E-state index is 0.0720. The van der Waals surface area contributed by atoms with Gasteiger partial charge in [0, 0.05) is 5.56 Å². The van der Waals surface area contributed by atoms with Gasteiger partial charge in [-0.25, -0.2) is 8.42 Å². The molecule has 0 atom stereocenters. The highest BCUT2D eigenvalue weighted by Gasteiger charge is 2.30. The molecule has 11 heteroatoms. The van der Waals surface area contributed by atoms with Gasteiger partial charge >= 0.3 is 6.18 Å². The molecule has 2 N–H and O–H groups in total. The SMILES string of the molecule is COc1ccc(C(=O)NNS(=O)(=O)c2ccc(C(F)(F)F)cc2)cc1OC. The average Bonchev–Trinajstić information content (AvgIpc) is 2.65. The van der Waals surface area contributed by atoms with Crippen molar-refractivity contribution in [2.75, 3.05) is 14.2 Å². The van der Waals surface area contributed by atoms with Crippen LogP contribution >= 0.6 is 0 Å². The van der Waals surface area contributed by atoms with Crippen molar-refractivity contribution >= 4 is 15.9 Å². The molecular formula is C16H15F3N2O5S. The molecule has 1 amide bonds. The van der Waals surface area contributed by atoms with Crippen LogP contribution in [0.3, 0.4) is 0 Å². The third kappa shape index (κ3) is 4.89. The summed E-state index contributed by atoms with van der Waals surface area (Å²) in [5.74, 6) is -0.165. The van der Waals surface area contributed by atoms with Gasteiger partial charge in [-0.15, -0.1) is 4.83 Å². The molecule has 0 spiro atoms. The van der Waals surface area contributed by atoms with Gasteiger partial charge in [-0.3, -0.25) is 10.2 Å². The first-order chi connectivity index (χ1) is 12.6. The van der Waals surface area contributed by atoms with Crippen molar-refractivity contribution in [1.29, 1.82) is 0 Å². The fraction of sp³-hybridized carbons (Fsp3) is 0.188. The van der Waals surface area contributed by atoms with Crippen molar-refractivity contribution in [1.82, 2.24) is 10.3 Å². The van der Waals surface area contributed by atoms with Crippen molar-refractivity contribution < 1.29 is 35.9 Å². The number of nitrogens with one attached hydrogen (secondary N) is 2. The molecule has 146 valence electrons. The zero-order valence-corrected chi connectivity index (χ0v) is 14.9. The molecule has 2 rings (SSSR count). The highest BCUT2D eigenvalue weighted by Crippen LogP contribution is 2.30. The van der Waals surface area contributed by atoms with Crippen LogP contribution in [0.5, 0.6) is 11.5 Å². The first kappa shape index (κ1) is 20.5. The van der Waals surface area contributed by atoms with Crippen molar-refractivity contribution in [3.63, 3.8) is 0 Å². The van der Waals surface area contributed by atoms with Gasteiger partial charge in [0.2, 0.25) is 0 Å². The van der Waals surface area contributed by atoms with E-state index in [0.717, 1.165) is 12.1 Å². The second kappa shape index (κ2) is 7.84. The molecule has 0 aromatic heterocycles. The molecule has 0 fully saturated rings. The van der Waals surface area contributed by atoms with E-state index in [1.54, 1.807) is 0 Å². The van der Waals surface area contributed by atoms with Crippen LogP contribution in [-0.4, -0.2) is 28.5 Å². The smallest absolute Gasteiger partial charge is 0.416 e. The second-order valence-electron chi connectivity index (χ2n) is 5.15. The third-order valence-electron chi connectivity index (χ3n) is 3.44. The summed E-state index contributed by atoms with van der Waals surface area (Å²) in [7, 11) is -1.48. The molecule has 0 saturated heterocycles. The van der Waals surface area contributed by atoms with Gasteiger partial charge in [-0.2, -0.15) is 13.2 Å². The van der Waals surface area contributed by atoms with E-state index in [-0.39, 0.29) is 11.3 Å². The Bertz CT molecular complexity index is 928. The molecule has 2 aromatic carbocycles. The van der Waals surface area contributed by atoms with Crippen molar-refractivity contribution in [2.24, 2.45) is 0 Å². The Hall–Kier alpha value is -2.79. The number of sulfonamides is 1. The minimum Gasteiger partial charge on any atom is -0.493 e. The van der Waals surface area contributed by atoms with Crippen LogP contribution in [0.4, 0.5) is 13.2 Å². The van der Waals surface area contributed by atoms with Crippen LogP contribution in [0, 0.1) is 0 Å². The largest absolute Gasteiger partial charge is 0.493 e. The van der Waals surface area contributed by atoms with Crippen molar-refractivity contribution in [3.8, 4) is 11.5 Å². The van der Waals surface area contributed by atoms with Crippen LogP contribution in [0.15, 0.2) is 47.4 Å². The van der Waals surface area contributed by atoms with E-state index in [4.69, 9.17) is 9.47 Å². The number of ether oxygens (including phenoxy) is 2. The molecule has 0 aliphatic rings. The maximum absolute atomic E-state index is 12.5. The summed E-state index contributed by atoms with van der Waals surface area (Å²) < 4.78 is 71.9. The van der Waals surface area contributed by atoms with E-state index < -0.39 is 32.6 Å². The number of amides is 1. The summed E-state index contributed by atoms with van der Waals surface area (Å²) in [5, 5.41) is 0. The predicted molar refractivity (Wildman–Crippen MR) is 88.8 cm³/mol. The zero-order chi connectivity index (χ0) is 20.2. The summed E-state index contributed by atoms with van der Waals surface area (Å²) >= 11 is 0. The van der Waals surface area contributed by atoms with Gasteiger partial charge < -0.3 is 9.47 Å². The molecule has 0 radical (unpaired) electrons. The molecule has 0 heterocycles. The number of carbonyl (C=O) groups is 1.